The van der Waals surface area contributed by atoms with Crippen LogP contribution in [0.3, 0.4) is 0 Å². The summed E-state index contributed by atoms with van der Waals surface area (Å²) in [6.45, 7) is 4.22. The van der Waals surface area contributed by atoms with Gasteiger partial charge in [0.05, 0.1) is 0 Å². The molecule has 2 unspecified atom stereocenters. The second-order valence-corrected chi connectivity index (χ2v) is 6.90. The van der Waals surface area contributed by atoms with Gasteiger partial charge in [0.25, 0.3) is 0 Å². The molecule has 0 radical (unpaired) electrons. The number of halogens is 1. The lowest BCUT2D eigenvalue weighted by atomic mass is 9.94. The van der Waals surface area contributed by atoms with Crippen molar-refractivity contribution in [2.24, 2.45) is 11.8 Å². The first-order valence-electron chi connectivity index (χ1n) is 8.07. The minimum Gasteiger partial charge on any atom is -0.508 e. The summed E-state index contributed by atoms with van der Waals surface area (Å²) in [5, 5.41) is 24.8. The molecule has 4 heteroatoms. The van der Waals surface area contributed by atoms with Gasteiger partial charge in [0, 0.05) is 3.57 Å². The Morgan fingerprint density at radius 3 is 1.73 bits per heavy atom. The zero-order valence-corrected chi connectivity index (χ0v) is 15.7. The third-order valence-corrected chi connectivity index (χ3v) is 5.68. The summed E-state index contributed by atoms with van der Waals surface area (Å²) in [7, 11) is 0. The molecule has 2 atom stereocenters. The second-order valence-electron chi connectivity index (χ2n) is 5.83. The van der Waals surface area contributed by atoms with E-state index < -0.39 is 0 Å². The molecule has 3 N–H and O–H groups in total. The Morgan fingerprint density at radius 2 is 1.41 bits per heavy atom. The third-order valence-electron chi connectivity index (χ3n) is 4.30. The number of benzene rings is 1. The monoisotopic (exact) mass is 414 g/mol. The summed E-state index contributed by atoms with van der Waals surface area (Å²) in [5.74, 6) is 0.976. The van der Waals surface area contributed by atoms with Gasteiger partial charge in [-0.05, 0) is 109 Å². The van der Waals surface area contributed by atoms with E-state index in [2.05, 4.69) is 36.4 Å². The Balaban J connectivity index is 2.82. The Bertz CT molecular complexity index is 461. The highest BCUT2D eigenvalue weighted by Gasteiger charge is 2.12. The topological polar surface area (TPSA) is 67.9 Å². The minimum absolute atomic E-state index is 0.323. The SMILES string of the molecule is CCC(C=N)CCc1cc(O)cc(CCC(C=N)CC)c1I. The van der Waals surface area contributed by atoms with Crippen molar-refractivity contribution in [3.8, 4) is 5.75 Å². The maximum Gasteiger partial charge on any atom is 0.116 e. The van der Waals surface area contributed by atoms with Gasteiger partial charge in [0.1, 0.15) is 5.75 Å². The van der Waals surface area contributed by atoms with E-state index in [0.29, 0.717) is 17.6 Å². The molecule has 0 aromatic heterocycles. The zero-order chi connectivity index (χ0) is 16.5. The van der Waals surface area contributed by atoms with Crippen molar-refractivity contribution < 1.29 is 5.11 Å². The molecule has 0 amide bonds. The van der Waals surface area contributed by atoms with Gasteiger partial charge in [0.15, 0.2) is 0 Å². The van der Waals surface area contributed by atoms with Crippen LogP contribution in [0.2, 0.25) is 0 Å². The highest BCUT2D eigenvalue weighted by atomic mass is 127. The van der Waals surface area contributed by atoms with Crippen molar-refractivity contribution in [1.82, 2.24) is 0 Å². The maximum atomic E-state index is 9.98. The first-order valence-corrected chi connectivity index (χ1v) is 9.14. The van der Waals surface area contributed by atoms with Crippen molar-refractivity contribution >= 4 is 35.0 Å². The van der Waals surface area contributed by atoms with E-state index in [9.17, 15) is 5.11 Å². The van der Waals surface area contributed by atoms with Crippen LogP contribution in [0.5, 0.6) is 5.75 Å². The molecule has 1 aromatic carbocycles. The van der Waals surface area contributed by atoms with E-state index in [4.69, 9.17) is 10.8 Å². The summed E-state index contributed by atoms with van der Waals surface area (Å²) in [6, 6.07) is 3.71. The van der Waals surface area contributed by atoms with Gasteiger partial charge in [-0.2, -0.15) is 0 Å². The van der Waals surface area contributed by atoms with Crippen LogP contribution < -0.4 is 0 Å². The quantitative estimate of drug-likeness (QED) is 0.357. The van der Waals surface area contributed by atoms with E-state index in [-0.39, 0.29) is 0 Å². The third kappa shape index (κ3) is 5.71. The molecule has 3 nitrogen and oxygen atoms in total. The van der Waals surface area contributed by atoms with Crippen LogP contribution >= 0.6 is 22.6 Å². The largest absolute Gasteiger partial charge is 0.508 e. The smallest absolute Gasteiger partial charge is 0.116 e. The van der Waals surface area contributed by atoms with Crippen molar-refractivity contribution in [1.29, 1.82) is 10.8 Å². The molecule has 0 saturated carbocycles. The van der Waals surface area contributed by atoms with Crippen LogP contribution in [0, 0.1) is 26.2 Å². The fraction of sp³-hybridized carbons (Fsp3) is 0.556. The van der Waals surface area contributed by atoms with Gasteiger partial charge in [-0.1, -0.05) is 13.8 Å². The van der Waals surface area contributed by atoms with Gasteiger partial charge in [-0.25, -0.2) is 0 Å². The predicted octanol–water partition coefficient (Wildman–Crippen LogP) is 5.21. The fourth-order valence-electron chi connectivity index (χ4n) is 2.59. The molecule has 122 valence electrons. The molecule has 0 saturated heterocycles. The molecule has 22 heavy (non-hydrogen) atoms. The van der Waals surface area contributed by atoms with Crippen LogP contribution in [0.1, 0.15) is 50.7 Å². The first kappa shape index (κ1) is 19.1. The normalized spacial score (nSPS) is 13.6. The second kappa shape index (κ2) is 9.98. The van der Waals surface area contributed by atoms with Crippen LogP contribution in [0.25, 0.3) is 0 Å². The maximum absolute atomic E-state index is 9.98. The molecule has 0 bridgehead atoms. The molecular weight excluding hydrogens is 387 g/mol. The Morgan fingerprint density at radius 1 is 1.00 bits per heavy atom. The molecular formula is C18H27IN2O. The van der Waals surface area contributed by atoms with Gasteiger partial charge in [0.2, 0.25) is 0 Å². The molecule has 1 rings (SSSR count). The highest BCUT2D eigenvalue weighted by molar-refractivity contribution is 14.1. The zero-order valence-electron chi connectivity index (χ0n) is 13.5. The van der Waals surface area contributed by atoms with Gasteiger partial charge in [-0.15, -0.1) is 0 Å². The van der Waals surface area contributed by atoms with Gasteiger partial charge >= 0.3 is 0 Å². The summed E-state index contributed by atoms with van der Waals surface area (Å²) < 4.78 is 1.23. The average molecular weight is 414 g/mol. The predicted molar refractivity (Wildman–Crippen MR) is 103 cm³/mol. The van der Waals surface area contributed by atoms with E-state index in [0.717, 1.165) is 38.5 Å². The number of hydrogen-bond donors (Lipinski definition) is 3. The molecule has 0 aliphatic carbocycles. The molecule has 1 aromatic rings. The fourth-order valence-corrected chi connectivity index (χ4v) is 3.44. The summed E-state index contributed by atoms with van der Waals surface area (Å²) in [4.78, 5) is 0. The van der Waals surface area contributed by atoms with Crippen molar-refractivity contribution in [2.75, 3.05) is 0 Å². The van der Waals surface area contributed by atoms with E-state index >= 15 is 0 Å². The van der Waals surface area contributed by atoms with Crippen LogP contribution in [-0.2, 0) is 12.8 Å². The van der Waals surface area contributed by atoms with Crippen molar-refractivity contribution in [3.05, 3.63) is 26.8 Å². The minimum atomic E-state index is 0.323. The highest BCUT2D eigenvalue weighted by Crippen LogP contribution is 2.27. The van der Waals surface area contributed by atoms with Crippen LogP contribution in [-0.4, -0.2) is 17.5 Å². The molecule has 0 aliphatic heterocycles. The average Bonchev–Trinajstić information content (AvgIpc) is 2.52. The van der Waals surface area contributed by atoms with Gasteiger partial charge in [-0.3, -0.25) is 0 Å². The number of nitrogens with one attached hydrogen (secondary N) is 2. The number of aromatic hydroxyl groups is 1. The molecule has 0 heterocycles. The lowest BCUT2D eigenvalue weighted by Crippen LogP contribution is -2.06. The number of phenolic OH excluding ortho intramolecular Hbond substituents is 1. The Hall–Kier alpha value is -0.910. The van der Waals surface area contributed by atoms with Crippen molar-refractivity contribution in [2.45, 2.75) is 52.4 Å². The van der Waals surface area contributed by atoms with Crippen LogP contribution in [0.15, 0.2) is 12.1 Å². The first-order chi connectivity index (χ1) is 10.5. The van der Waals surface area contributed by atoms with Crippen LogP contribution in [0.4, 0.5) is 0 Å². The summed E-state index contributed by atoms with van der Waals surface area (Å²) >= 11 is 2.37. The van der Waals surface area contributed by atoms with Crippen molar-refractivity contribution in [3.63, 3.8) is 0 Å². The number of aryl methyl sites for hydroxylation is 2. The lowest BCUT2D eigenvalue weighted by Gasteiger charge is -2.15. The molecule has 0 fully saturated rings. The molecule has 0 aliphatic rings. The summed E-state index contributed by atoms with van der Waals surface area (Å²) in [5.41, 5.74) is 2.36. The standard InChI is InChI=1S/C18H27IN2O/c1-3-13(11-20)5-7-15-9-17(22)10-16(18(15)19)8-6-14(4-2)12-21/h9-14,20-22H,3-8H2,1-2H3. The Labute approximate surface area is 147 Å². The number of rotatable bonds is 10. The van der Waals surface area contributed by atoms with Gasteiger partial charge < -0.3 is 15.9 Å². The molecule has 0 spiro atoms. The van der Waals surface area contributed by atoms with E-state index in [1.54, 1.807) is 0 Å². The number of hydrogen-bond acceptors (Lipinski definition) is 3. The number of phenols is 1. The van der Waals surface area contributed by atoms with E-state index in [1.165, 1.54) is 27.1 Å². The lowest BCUT2D eigenvalue weighted by molar-refractivity contribution is 0.472. The summed E-state index contributed by atoms with van der Waals surface area (Å²) in [6.07, 6.45) is 8.75. The Kier molecular flexibility index (Phi) is 8.68. The van der Waals surface area contributed by atoms with E-state index in [1.807, 2.05) is 12.1 Å².